The van der Waals surface area contributed by atoms with E-state index in [0.29, 0.717) is 6.54 Å². The number of carboxylic acids is 1. The zero-order chi connectivity index (χ0) is 22.4. The van der Waals surface area contributed by atoms with Gasteiger partial charge < -0.3 is 19.5 Å². The average molecular weight is 433 g/mol. The third kappa shape index (κ3) is 4.11. The predicted octanol–water partition coefficient (Wildman–Crippen LogP) is 3.83. The lowest BCUT2D eigenvalue weighted by Crippen LogP contribution is -2.63. The van der Waals surface area contributed by atoms with Gasteiger partial charge in [-0.1, -0.05) is 39.0 Å². The summed E-state index contributed by atoms with van der Waals surface area (Å²) in [5.74, 6) is -0.936. The molecule has 2 heterocycles. The first-order valence-electron chi connectivity index (χ1n) is 10.3. The minimum atomic E-state index is -1.96. The summed E-state index contributed by atoms with van der Waals surface area (Å²) in [4.78, 5) is 26.9. The molecule has 7 nitrogen and oxygen atoms in total. The van der Waals surface area contributed by atoms with Gasteiger partial charge in [-0.05, 0) is 48.4 Å². The van der Waals surface area contributed by atoms with E-state index in [9.17, 15) is 19.8 Å². The molecule has 0 saturated carbocycles. The molecule has 2 bridgehead atoms. The molecule has 1 unspecified atom stereocenters. The SMILES string of the molecule is CN1[C@@H]2C=C(c3ccc(O[Si](C)(C)C(C)(C)C)cc3)C(C(=O)O)[C@H]1CN(C(=O)O)C2. The lowest BCUT2D eigenvalue weighted by Gasteiger charge is -2.49. The normalized spacial score (nSPS) is 24.9. The Morgan fingerprint density at radius 2 is 1.70 bits per heavy atom. The van der Waals surface area contributed by atoms with Crippen molar-refractivity contribution in [2.45, 2.75) is 51.0 Å². The van der Waals surface area contributed by atoms with Crippen LogP contribution in [-0.4, -0.2) is 72.6 Å². The topological polar surface area (TPSA) is 90.3 Å². The van der Waals surface area contributed by atoms with Gasteiger partial charge in [-0.15, -0.1) is 0 Å². The van der Waals surface area contributed by atoms with Crippen LogP contribution in [0.2, 0.25) is 18.1 Å². The third-order valence-electron chi connectivity index (χ3n) is 6.86. The first-order chi connectivity index (χ1) is 13.8. The van der Waals surface area contributed by atoms with Crippen LogP contribution in [0.25, 0.3) is 5.57 Å². The maximum atomic E-state index is 12.2. The Morgan fingerprint density at radius 3 is 2.20 bits per heavy atom. The number of benzene rings is 1. The molecule has 2 aliphatic rings. The molecule has 164 valence electrons. The summed E-state index contributed by atoms with van der Waals surface area (Å²) < 4.78 is 6.34. The van der Waals surface area contributed by atoms with Gasteiger partial charge in [-0.3, -0.25) is 9.69 Å². The molecule has 1 fully saturated rings. The summed E-state index contributed by atoms with van der Waals surface area (Å²) in [5, 5.41) is 19.5. The molecule has 1 aromatic rings. The van der Waals surface area contributed by atoms with Crippen LogP contribution in [0.3, 0.4) is 0 Å². The average Bonchev–Trinajstić information content (AvgIpc) is 2.60. The van der Waals surface area contributed by atoms with E-state index in [1.807, 2.05) is 42.3 Å². The highest BCUT2D eigenvalue weighted by Crippen LogP contribution is 2.40. The van der Waals surface area contributed by atoms with Crippen LogP contribution in [0, 0.1) is 5.92 Å². The third-order valence-corrected chi connectivity index (χ3v) is 11.2. The zero-order valence-electron chi connectivity index (χ0n) is 18.5. The fourth-order valence-corrected chi connectivity index (χ4v) is 4.98. The van der Waals surface area contributed by atoms with E-state index in [1.165, 1.54) is 4.90 Å². The van der Waals surface area contributed by atoms with Crippen molar-refractivity contribution in [3.8, 4) is 5.75 Å². The first kappa shape index (κ1) is 22.4. The second-order valence-electron chi connectivity index (χ2n) is 9.81. The molecule has 0 radical (unpaired) electrons. The van der Waals surface area contributed by atoms with Gasteiger partial charge in [0.05, 0.1) is 5.92 Å². The summed E-state index contributed by atoms with van der Waals surface area (Å²) >= 11 is 0. The number of carbonyl (C=O) groups is 2. The molecule has 0 aromatic heterocycles. The number of hydrogen-bond acceptors (Lipinski definition) is 4. The van der Waals surface area contributed by atoms with Crippen molar-refractivity contribution in [3.05, 3.63) is 35.9 Å². The van der Waals surface area contributed by atoms with E-state index in [4.69, 9.17) is 4.43 Å². The molecule has 0 spiro atoms. The monoisotopic (exact) mass is 432 g/mol. The van der Waals surface area contributed by atoms with Gasteiger partial charge in [-0.25, -0.2) is 4.79 Å². The fraction of sp³-hybridized carbons (Fsp3) is 0.545. The number of carboxylic acid groups (broad SMARTS) is 2. The Morgan fingerprint density at radius 1 is 1.10 bits per heavy atom. The number of amides is 1. The van der Waals surface area contributed by atoms with E-state index in [2.05, 4.69) is 33.9 Å². The maximum Gasteiger partial charge on any atom is 0.407 e. The minimum Gasteiger partial charge on any atom is -0.544 e. The van der Waals surface area contributed by atoms with Gasteiger partial charge in [0.25, 0.3) is 0 Å². The number of hydrogen-bond donors (Lipinski definition) is 2. The van der Waals surface area contributed by atoms with E-state index in [0.717, 1.165) is 16.9 Å². The molecule has 3 atom stereocenters. The molecular weight excluding hydrogens is 400 g/mol. The second-order valence-corrected chi connectivity index (χ2v) is 14.5. The van der Waals surface area contributed by atoms with Crippen molar-refractivity contribution in [1.82, 2.24) is 9.80 Å². The van der Waals surface area contributed by atoms with Crippen molar-refractivity contribution in [1.29, 1.82) is 0 Å². The van der Waals surface area contributed by atoms with Crippen LogP contribution in [0.4, 0.5) is 4.79 Å². The van der Waals surface area contributed by atoms with Crippen LogP contribution in [0.15, 0.2) is 30.3 Å². The quantitative estimate of drug-likeness (QED) is 0.703. The van der Waals surface area contributed by atoms with Crippen LogP contribution >= 0.6 is 0 Å². The van der Waals surface area contributed by atoms with Crippen molar-refractivity contribution in [2.24, 2.45) is 5.92 Å². The van der Waals surface area contributed by atoms with Crippen LogP contribution in [-0.2, 0) is 4.79 Å². The van der Waals surface area contributed by atoms with Gasteiger partial charge in [-0.2, -0.15) is 0 Å². The zero-order valence-corrected chi connectivity index (χ0v) is 19.5. The Balaban J connectivity index is 1.91. The molecule has 8 heteroatoms. The predicted molar refractivity (Wildman–Crippen MR) is 118 cm³/mol. The standard InChI is InChI=1S/C22H32N2O5Si/c1-22(2,3)30(5,6)29-16-9-7-14(8-10-16)17-11-15-12-24(21(27)28)13-18(23(15)4)19(17)20(25)26/h7-11,15,18-19H,12-13H2,1-6H3,(H,25,26)(H,27,28)/t15-,18-,19?/m1/s1. The number of aliphatic carboxylic acids is 1. The number of likely N-dealkylation sites (N-methyl/N-ethyl adjacent to an activating group) is 1. The van der Waals surface area contributed by atoms with E-state index in [-0.39, 0.29) is 17.6 Å². The highest BCUT2D eigenvalue weighted by atomic mass is 28.4. The number of rotatable bonds is 4. The van der Waals surface area contributed by atoms with Crippen LogP contribution in [0.1, 0.15) is 26.3 Å². The van der Waals surface area contributed by atoms with Gasteiger partial charge in [0.1, 0.15) is 5.75 Å². The van der Waals surface area contributed by atoms with Crippen molar-refractivity contribution in [3.63, 3.8) is 0 Å². The summed E-state index contributed by atoms with van der Waals surface area (Å²) in [6, 6.07) is 7.11. The maximum absolute atomic E-state index is 12.2. The number of fused-ring (bicyclic) bond motifs is 2. The lowest BCUT2D eigenvalue weighted by molar-refractivity contribution is -0.143. The molecule has 1 saturated heterocycles. The Kier molecular flexibility index (Phi) is 5.77. The molecule has 1 amide bonds. The molecule has 0 aliphatic carbocycles. The van der Waals surface area contributed by atoms with E-state index >= 15 is 0 Å². The first-order valence-corrected chi connectivity index (χ1v) is 13.2. The van der Waals surface area contributed by atoms with Crippen LogP contribution in [0.5, 0.6) is 5.75 Å². The summed E-state index contributed by atoms with van der Waals surface area (Å²) in [6.45, 7) is 11.5. The molecule has 30 heavy (non-hydrogen) atoms. The van der Waals surface area contributed by atoms with Gasteiger partial charge in [0.2, 0.25) is 8.32 Å². The van der Waals surface area contributed by atoms with Crippen LogP contribution < -0.4 is 4.43 Å². The Bertz CT molecular complexity index is 859. The van der Waals surface area contributed by atoms with Gasteiger partial charge in [0, 0.05) is 25.2 Å². The van der Waals surface area contributed by atoms with Crippen molar-refractivity contribution in [2.75, 3.05) is 20.1 Å². The minimum absolute atomic E-state index is 0.0873. The highest BCUT2D eigenvalue weighted by Gasteiger charge is 2.46. The number of piperazine rings is 1. The van der Waals surface area contributed by atoms with Gasteiger partial charge >= 0.3 is 12.1 Å². The highest BCUT2D eigenvalue weighted by molar-refractivity contribution is 6.74. The molecule has 1 aromatic carbocycles. The molecule has 2 aliphatic heterocycles. The largest absolute Gasteiger partial charge is 0.544 e. The van der Waals surface area contributed by atoms with E-state index in [1.54, 1.807) is 0 Å². The summed E-state index contributed by atoms with van der Waals surface area (Å²) in [6.07, 6.45) is 0.903. The van der Waals surface area contributed by atoms with Gasteiger partial charge in [0.15, 0.2) is 0 Å². The summed E-state index contributed by atoms with van der Waals surface area (Å²) in [7, 11) is -0.0878. The lowest BCUT2D eigenvalue weighted by atomic mass is 9.79. The van der Waals surface area contributed by atoms with E-state index < -0.39 is 32.3 Å². The Hall–Kier alpha value is -2.32. The smallest absolute Gasteiger partial charge is 0.407 e. The van der Waals surface area contributed by atoms with Crippen molar-refractivity contribution < 1.29 is 24.2 Å². The molecule has 2 N–H and O–H groups in total. The molecular formula is C22H32N2O5Si. The van der Waals surface area contributed by atoms with Crippen molar-refractivity contribution >= 4 is 26.0 Å². The summed E-state index contributed by atoms with van der Waals surface area (Å²) in [5.41, 5.74) is 1.59. The number of nitrogens with zero attached hydrogens (tertiary/aromatic N) is 2. The Labute approximate surface area is 179 Å². The fourth-order valence-electron chi connectivity index (χ4n) is 3.95. The second kappa shape index (κ2) is 7.74. The molecule has 3 rings (SSSR count).